The molecule has 1 N–H and O–H groups in total. The second-order valence-corrected chi connectivity index (χ2v) is 8.06. The molecule has 0 radical (unpaired) electrons. The van der Waals surface area contributed by atoms with E-state index in [1.165, 1.54) is 12.0 Å². The molecule has 8 nitrogen and oxygen atoms in total. The number of anilines is 1. The summed E-state index contributed by atoms with van der Waals surface area (Å²) in [6.45, 7) is 3.48. The first-order valence-corrected chi connectivity index (χ1v) is 10.8. The molecule has 0 bridgehead atoms. The zero-order chi connectivity index (χ0) is 24.0. The number of hydrogen-bond acceptors (Lipinski definition) is 5. The van der Waals surface area contributed by atoms with Gasteiger partial charge in [-0.25, -0.2) is 4.98 Å². The lowest BCUT2D eigenvalue weighted by Gasteiger charge is -2.25. The topological polar surface area (TPSA) is 85.7 Å². The summed E-state index contributed by atoms with van der Waals surface area (Å²) in [4.78, 5) is 31.3. The normalized spacial score (nSPS) is 10.8. The average molecular weight is 471 g/mol. The summed E-state index contributed by atoms with van der Waals surface area (Å²) >= 11 is 6.02. The van der Waals surface area contributed by atoms with Gasteiger partial charge in [0, 0.05) is 35.6 Å². The van der Waals surface area contributed by atoms with E-state index in [4.69, 9.17) is 21.1 Å². The van der Waals surface area contributed by atoms with Crippen molar-refractivity contribution in [2.45, 2.75) is 19.9 Å². The Hall–Kier alpha value is -3.36. The number of aromatic nitrogens is 2. The zero-order valence-electron chi connectivity index (χ0n) is 19.0. The number of rotatable bonds is 9. The highest BCUT2D eigenvalue weighted by Crippen LogP contribution is 2.26. The van der Waals surface area contributed by atoms with Crippen molar-refractivity contribution in [1.29, 1.82) is 0 Å². The van der Waals surface area contributed by atoms with Gasteiger partial charge in [-0.1, -0.05) is 23.7 Å². The monoisotopic (exact) mass is 470 g/mol. The minimum atomic E-state index is -0.365. The van der Waals surface area contributed by atoms with E-state index in [-0.39, 0.29) is 31.0 Å². The van der Waals surface area contributed by atoms with Crippen LogP contribution in [0.5, 0.6) is 5.75 Å². The van der Waals surface area contributed by atoms with Crippen molar-refractivity contribution in [3.63, 3.8) is 0 Å². The van der Waals surface area contributed by atoms with Crippen LogP contribution in [0, 0.1) is 0 Å². The van der Waals surface area contributed by atoms with Gasteiger partial charge in [-0.15, -0.1) is 0 Å². The predicted molar refractivity (Wildman–Crippen MR) is 128 cm³/mol. The van der Waals surface area contributed by atoms with E-state index < -0.39 is 0 Å². The number of nitrogens with one attached hydrogen (secondary N) is 1. The smallest absolute Gasteiger partial charge is 0.249 e. The van der Waals surface area contributed by atoms with Crippen LogP contribution in [0.25, 0.3) is 16.9 Å². The van der Waals surface area contributed by atoms with E-state index in [2.05, 4.69) is 10.3 Å². The van der Waals surface area contributed by atoms with Gasteiger partial charge < -0.3 is 14.4 Å². The number of ether oxygens (including phenoxy) is 2. The molecule has 0 unspecified atom stereocenters. The quantitative estimate of drug-likeness (QED) is 0.510. The Morgan fingerprint density at radius 2 is 1.76 bits per heavy atom. The van der Waals surface area contributed by atoms with Crippen LogP contribution in [0.15, 0.2) is 54.7 Å². The SMILES string of the molecule is COCC(=O)N(CC(=O)Nc1nc(-c2ccc(Cl)cc2)cn1-c1ccc(OC)cc1)C(C)C. The van der Waals surface area contributed by atoms with Crippen LogP contribution in [-0.4, -0.2) is 59.7 Å². The molecule has 0 aliphatic heterocycles. The maximum absolute atomic E-state index is 12.9. The van der Waals surface area contributed by atoms with Gasteiger partial charge in [0.25, 0.3) is 0 Å². The molecule has 0 spiro atoms. The molecule has 9 heteroatoms. The van der Waals surface area contributed by atoms with E-state index in [9.17, 15) is 9.59 Å². The van der Waals surface area contributed by atoms with E-state index in [1.54, 1.807) is 23.8 Å². The number of benzene rings is 2. The molecular weight excluding hydrogens is 444 g/mol. The molecule has 0 saturated heterocycles. The third-order valence-electron chi connectivity index (χ3n) is 4.97. The van der Waals surface area contributed by atoms with Crippen molar-refractivity contribution >= 4 is 29.4 Å². The van der Waals surface area contributed by atoms with E-state index in [1.807, 2.05) is 56.4 Å². The number of nitrogens with zero attached hydrogens (tertiary/aromatic N) is 3. The first-order valence-electron chi connectivity index (χ1n) is 10.4. The molecule has 1 heterocycles. The highest BCUT2D eigenvalue weighted by Gasteiger charge is 2.21. The van der Waals surface area contributed by atoms with E-state index in [0.717, 1.165) is 11.3 Å². The lowest BCUT2D eigenvalue weighted by Crippen LogP contribution is -2.44. The van der Waals surface area contributed by atoms with Gasteiger partial charge in [0.2, 0.25) is 17.8 Å². The molecule has 3 aromatic rings. The van der Waals surface area contributed by atoms with Crippen LogP contribution >= 0.6 is 11.6 Å². The summed E-state index contributed by atoms with van der Waals surface area (Å²) in [7, 11) is 3.04. The molecule has 0 fully saturated rings. The molecule has 0 aliphatic carbocycles. The third kappa shape index (κ3) is 6.12. The Morgan fingerprint density at radius 1 is 1.09 bits per heavy atom. The van der Waals surface area contributed by atoms with Crippen molar-refractivity contribution in [2.75, 3.05) is 32.7 Å². The molecule has 0 aliphatic rings. The summed E-state index contributed by atoms with van der Waals surface area (Å²) in [5, 5.41) is 3.46. The van der Waals surface area contributed by atoms with Gasteiger partial charge in [0.15, 0.2) is 0 Å². The Labute approximate surface area is 198 Å². The van der Waals surface area contributed by atoms with Crippen molar-refractivity contribution in [3.05, 3.63) is 59.8 Å². The fraction of sp³-hybridized carbons (Fsp3) is 0.292. The molecule has 0 atom stereocenters. The summed E-state index contributed by atoms with van der Waals surface area (Å²) in [5.41, 5.74) is 2.30. The van der Waals surface area contributed by atoms with Crippen molar-refractivity contribution in [2.24, 2.45) is 0 Å². The van der Waals surface area contributed by atoms with Crippen LogP contribution in [0.2, 0.25) is 5.02 Å². The predicted octanol–water partition coefficient (Wildman–Crippen LogP) is 4.02. The Morgan fingerprint density at radius 3 is 2.33 bits per heavy atom. The Bertz CT molecular complexity index is 1090. The molecule has 0 saturated carbocycles. The van der Waals surface area contributed by atoms with Crippen molar-refractivity contribution in [3.8, 4) is 22.7 Å². The standard InChI is InChI=1S/C24H27ClN4O4/c1-16(2)28(23(31)15-32-3)14-22(30)27-24-26-21(17-5-7-18(25)8-6-17)13-29(24)19-9-11-20(33-4)12-10-19/h5-13,16H,14-15H2,1-4H3,(H,26,27,30). The van der Waals surface area contributed by atoms with Crippen molar-refractivity contribution < 1.29 is 19.1 Å². The molecule has 3 rings (SSSR count). The second kappa shape index (κ2) is 11.0. The van der Waals surface area contributed by atoms with Crippen molar-refractivity contribution in [1.82, 2.24) is 14.5 Å². The number of carbonyl (C=O) groups is 2. The largest absolute Gasteiger partial charge is 0.497 e. The van der Waals surface area contributed by atoms with Crippen LogP contribution in [0.3, 0.4) is 0 Å². The fourth-order valence-electron chi connectivity index (χ4n) is 3.25. The van der Waals surface area contributed by atoms with Gasteiger partial charge >= 0.3 is 0 Å². The maximum atomic E-state index is 12.9. The van der Waals surface area contributed by atoms with Crippen LogP contribution < -0.4 is 10.1 Å². The van der Waals surface area contributed by atoms with Gasteiger partial charge in [-0.3, -0.25) is 19.5 Å². The zero-order valence-corrected chi connectivity index (χ0v) is 19.8. The lowest BCUT2D eigenvalue weighted by molar-refractivity contribution is -0.139. The van der Waals surface area contributed by atoms with E-state index >= 15 is 0 Å². The summed E-state index contributed by atoms with van der Waals surface area (Å²) in [5.74, 6) is 0.420. The van der Waals surface area contributed by atoms with Crippen LogP contribution in [0.4, 0.5) is 5.95 Å². The molecule has 2 amide bonds. The summed E-state index contributed by atoms with van der Waals surface area (Å²) in [6.07, 6.45) is 1.83. The van der Waals surface area contributed by atoms with E-state index in [0.29, 0.717) is 22.4 Å². The fourth-order valence-corrected chi connectivity index (χ4v) is 3.38. The van der Waals surface area contributed by atoms with Gasteiger partial charge in [-0.2, -0.15) is 0 Å². The molecular formula is C24H27ClN4O4. The Kier molecular flexibility index (Phi) is 8.08. The minimum Gasteiger partial charge on any atom is -0.497 e. The molecule has 174 valence electrons. The van der Waals surface area contributed by atoms with Crippen LogP contribution in [-0.2, 0) is 14.3 Å². The number of carbonyl (C=O) groups excluding carboxylic acids is 2. The van der Waals surface area contributed by atoms with Gasteiger partial charge in [-0.05, 0) is 50.2 Å². The first kappa shape index (κ1) is 24.3. The third-order valence-corrected chi connectivity index (χ3v) is 5.23. The maximum Gasteiger partial charge on any atom is 0.249 e. The first-order chi connectivity index (χ1) is 15.8. The number of hydrogen-bond donors (Lipinski definition) is 1. The molecule has 2 aromatic carbocycles. The highest BCUT2D eigenvalue weighted by atomic mass is 35.5. The molecule has 1 aromatic heterocycles. The molecule has 33 heavy (non-hydrogen) atoms. The lowest BCUT2D eigenvalue weighted by atomic mass is 10.2. The van der Waals surface area contributed by atoms with Gasteiger partial charge in [0.1, 0.15) is 18.9 Å². The average Bonchev–Trinajstić information content (AvgIpc) is 3.21. The Balaban J connectivity index is 1.92. The number of imidazole rings is 1. The number of halogens is 1. The summed E-state index contributed by atoms with van der Waals surface area (Å²) in [6, 6.07) is 14.5. The second-order valence-electron chi connectivity index (χ2n) is 7.62. The number of methoxy groups -OCH3 is 2. The van der Waals surface area contributed by atoms with Crippen LogP contribution in [0.1, 0.15) is 13.8 Å². The number of amides is 2. The van der Waals surface area contributed by atoms with Gasteiger partial charge in [0.05, 0.1) is 12.8 Å². The highest BCUT2D eigenvalue weighted by molar-refractivity contribution is 6.30. The minimum absolute atomic E-state index is 0.0906. The summed E-state index contributed by atoms with van der Waals surface area (Å²) < 4.78 is 11.9.